The Labute approximate surface area is 67.7 Å². The van der Waals surface area contributed by atoms with E-state index in [2.05, 4.69) is 18.3 Å². The average Bonchev–Trinajstić information content (AvgIpc) is 2.38. The van der Waals surface area contributed by atoms with E-state index in [0.29, 0.717) is 0 Å². The summed E-state index contributed by atoms with van der Waals surface area (Å²) in [6, 6.07) is 3.13. The fraction of sp³-hybridized carbons (Fsp3) is 0.375. The van der Waals surface area contributed by atoms with Crippen LogP contribution in [0.1, 0.15) is 32.2 Å². The van der Waals surface area contributed by atoms with Crippen molar-refractivity contribution in [3.05, 3.63) is 24.2 Å². The second kappa shape index (κ2) is 5.53. The average molecular weight is 157 g/mol. The van der Waals surface area contributed by atoms with Crippen LogP contribution in [0.4, 0.5) is 0 Å². The number of carbonyl (C=O) groups is 1. The Balaban J connectivity index is 0. The molecule has 0 saturated carbocycles. The summed E-state index contributed by atoms with van der Waals surface area (Å²) < 4.78 is 4.62. The smallest absolute Gasteiger partial charge is 0.284 e. The largest absolute Gasteiger partial charge is 0.459 e. The summed E-state index contributed by atoms with van der Waals surface area (Å²) in [5, 5.41) is 0. The Kier molecular flexibility index (Phi) is 4.90. The molecule has 0 atom stereocenters. The predicted molar refractivity (Wildman–Crippen MR) is 45.3 cm³/mol. The van der Waals surface area contributed by atoms with Gasteiger partial charge in [-0.25, -0.2) is 0 Å². The number of rotatable bonds is 1. The van der Waals surface area contributed by atoms with Crippen molar-refractivity contribution in [2.24, 2.45) is 5.73 Å². The molecule has 0 unspecified atom stereocenters. The molecule has 0 aliphatic heterocycles. The van der Waals surface area contributed by atoms with Crippen molar-refractivity contribution >= 4 is 5.91 Å². The zero-order valence-corrected chi connectivity index (χ0v) is 6.83. The molecule has 2 N–H and O–H groups in total. The number of nitrogens with two attached hydrogens (primary N) is 1. The van der Waals surface area contributed by atoms with E-state index in [1.54, 1.807) is 6.07 Å². The van der Waals surface area contributed by atoms with Crippen molar-refractivity contribution in [2.75, 3.05) is 0 Å². The third-order valence-electron chi connectivity index (χ3n) is 0.764. The molecule has 1 aromatic rings. The van der Waals surface area contributed by atoms with Crippen LogP contribution in [0.3, 0.4) is 0 Å². The number of primary amides is 1. The maximum atomic E-state index is 10.2. The monoisotopic (exact) mass is 157 g/mol. The van der Waals surface area contributed by atoms with Crippen molar-refractivity contribution < 1.29 is 10.6 Å². The van der Waals surface area contributed by atoms with E-state index in [1.165, 1.54) is 18.8 Å². The van der Waals surface area contributed by atoms with Crippen LogP contribution in [0, 0.1) is 0 Å². The molecule has 0 spiro atoms. The number of hydrogen-bond acceptors (Lipinski definition) is 2. The zero-order chi connectivity index (χ0) is 8.69. The van der Waals surface area contributed by atoms with E-state index in [4.69, 9.17) is 5.73 Å². The van der Waals surface area contributed by atoms with E-state index in [-0.39, 0.29) is 7.19 Å². The highest BCUT2D eigenvalue weighted by molar-refractivity contribution is 5.89. The quantitative estimate of drug-likeness (QED) is 0.678. The minimum atomic E-state index is -0.532. The van der Waals surface area contributed by atoms with Gasteiger partial charge in [0.1, 0.15) is 0 Å². The van der Waals surface area contributed by atoms with Gasteiger partial charge in [0.15, 0.2) is 5.76 Å². The first-order valence-electron chi connectivity index (χ1n) is 3.55. The lowest BCUT2D eigenvalue weighted by Crippen LogP contribution is -2.08. The molecule has 11 heavy (non-hydrogen) atoms. The van der Waals surface area contributed by atoms with E-state index < -0.39 is 5.91 Å². The van der Waals surface area contributed by atoms with E-state index in [9.17, 15) is 4.79 Å². The summed E-state index contributed by atoms with van der Waals surface area (Å²) >= 11 is 0. The molecule has 0 bridgehead atoms. The summed E-state index contributed by atoms with van der Waals surface area (Å²) in [7, 11) is 0. The van der Waals surface area contributed by atoms with E-state index >= 15 is 0 Å². The van der Waals surface area contributed by atoms with Crippen LogP contribution in [-0.2, 0) is 0 Å². The van der Waals surface area contributed by atoms with Crippen molar-refractivity contribution in [2.45, 2.75) is 20.3 Å². The molecule has 1 heterocycles. The standard InChI is InChI=1S/C5H5NO2.C3H8.H2/c6-5(7)4-2-1-3-8-4;1-3-2;/h1-3H,(H2,6,7);3H2,1-2H3;1H. The highest BCUT2D eigenvalue weighted by Crippen LogP contribution is 1.96. The molecule has 3 nitrogen and oxygen atoms in total. The highest BCUT2D eigenvalue weighted by atomic mass is 16.3. The number of furan rings is 1. The van der Waals surface area contributed by atoms with Crippen molar-refractivity contribution in [3.63, 3.8) is 0 Å². The fourth-order valence-corrected chi connectivity index (χ4v) is 0.419. The minimum Gasteiger partial charge on any atom is -0.459 e. The van der Waals surface area contributed by atoms with Crippen LogP contribution in [-0.4, -0.2) is 5.91 Å². The first kappa shape index (κ1) is 9.75. The maximum absolute atomic E-state index is 10.2. The van der Waals surface area contributed by atoms with Crippen LogP contribution in [0.25, 0.3) is 0 Å². The summed E-state index contributed by atoms with van der Waals surface area (Å²) in [6.07, 6.45) is 2.65. The molecule has 1 aromatic heterocycles. The van der Waals surface area contributed by atoms with E-state index in [1.807, 2.05) is 0 Å². The number of amides is 1. The molecule has 0 fully saturated rings. The molecule has 0 aliphatic rings. The second-order valence-electron chi connectivity index (χ2n) is 2.05. The molecular formula is C8H15NO2. The topological polar surface area (TPSA) is 56.2 Å². The van der Waals surface area contributed by atoms with Gasteiger partial charge in [-0.3, -0.25) is 4.79 Å². The van der Waals surface area contributed by atoms with Gasteiger partial charge in [0.05, 0.1) is 6.26 Å². The van der Waals surface area contributed by atoms with Gasteiger partial charge in [-0.2, -0.15) is 0 Å². The maximum Gasteiger partial charge on any atom is 0.284 e. The van der Waals surface area contributed by atoms with Crippen LogP contribution >= 0.6 is 0 Å². The van der Waals surface area contributed by atoms with Gasteiger partial charge in [0.2, 0.25) is 0 Å². The molecule has 1 amide bonds. The van der Waals surface area contributed by atoms with Crippen LogP contribution in [0.15, 0.2) is 22.8 Å². The van der Waals surface area contributed by atoms with Crippen LogP contribution in [0.5, 0.6) is 0 Å². The third kappa shape index (κ3) is 4.19. The van der Waals surface area contributed by atoms with Crippen LogP contribution in [0.2, 0.25) is 0 Å². The fourth-order valence-electron chi connectivity index (χ4n) is 0.419. The third-order valence-corrected chi connectivity index (χ3v) is 0.764. The predicted octanol–water partition coefficient (Wildman–Crippen LogP) is 2.04. The zero-order valence-electron chi connectivity index (χ0n) is 6.83. The van der Waals surface area contributed by atoms with Gasteiger partial charge < -0.3 is 10.2 Å². The molecule has 0 aliphatic carbocycles. The minimum absolute atomic E-state index is 0. The number of carbonyl (C=O) groups excluding carboxylic acids is 1. The Morgan fingerprint density at radius 2 is 2.27 bits per heavy atom. The highest BCUT2D eigenvalue weighted by Gasteiger charge is 1.98. The van der Waals surface area contributed by atoms with Crippen molar-refractivity contribution in [3.8, 4) is 0 Å². The first-order valence-corrected chi connectivity index (χ1v) is 3.55. The Morgan fingerprint density at radius 3 is 2.45 bits per heavy atom. The van der Waals surface area contributed by atoms with Crippen LogP contribution < -0.4 is 5.73 Å². The lowest BCUT2D eigenvalue weighted by atomic mass is 10.4. The normalized spacial score (nSPS) is 8.18. The second-order valence-corrected chi connectivity index (χ2v) is 2.05. The molecular weight excluding hydrogens is 142 g/mol. The molecule has 0 radical (unpaired) electrons. The van der Waals surface area contributed by atoms with Crippen molar-refractivity contribution in [1.82, 2.24) is 0 Å². The SMILES string of the molecule is CCC.NC(=O)c1ccco1.[HH]. The molecule has 3 heteroatoms. The molecule has 0 saturated heterocycles. The molecule has 1 rings (SSSR count). The van der Waals surface area contributed by atoms with Gasteiger partial charge in [0, 0.05) is 1.43 Å². The summed E-state index contributed by atoms with van der Waals surface area (Å²) in [4.78, 5) is 10.2. The Hall–Kier alpha value is -1.25. The Morgan fingerprint density at radius 1 is 1.73 bits per heavy atom. The Bertz CT molecular complexity index is 197. The van der Waals surface area contributed by atoms with Gasteiger partial charge in [0.25, 0.3) is 5.91 Å². The van der Waals surface area contributed by atoms with Crippen molar-refractivity contribution in [1.29, 1.82) is 0 Å². The van der Waals surface area contributed by atoms with E-state index in [0.717, 1.165) is 0 Å². The summed E-state index contributed by atoms with van der Waals surface area (Å²) in [5.74, 6) is -0.333. The summed E-state index contributed by atoms with van der Waals surface area (Å²) in [6.45, 7) is 4.25. The van der Waals surface area contributed by atoms with Gasteiger partial charge in [-0.05, 0) is 12.1 Å². The van der Waals surface area contributed by atoms with Gasteiger partial charge in [-0.1, -0.05) is 20.3 Å². The molecule has 0 aromatic carbocycles. The van der Waals surface area contributed by atoms with Gasteiger partial charge in [-0.15, -0.1) is 0 Å². The first-order chi connectivity index (χ1) is 5.22. The van der Waals surface area contributed by atoms with Gasteiger partial charge >= 0.3 is 0 Å². The summed E-state index contributed by atoms with van der Waals surface area (Å²) in [5.41, 5.74) is 4.83. The number of hydrogen-bond donors (Lipinski definition) is 1. The molecule has 64 valence electrons. The lowest BCUT2D eigenvalue weighted by Gasteiger charge is -1.80. The lowest BCUT2D eigenvalue weighted by molar-refractivity contribution is 0.0974.